The van der Waals surface area contributed by atoms with Gasteiger partial charge in [0.2, 0.25) is 0 Å². The summed E-state index contributed by atoms with van der Waals surface area (Å²) in [4.78, 5) is 11.2. The van der Waals surface area contributed by atoms with Crippen LogP contribution >= 0.6 is 0 Å². The zero-order chi connectivity index (χ0) is 12.7. The van der Waals surface area contributed by atoms with E-state index in [1.807, 2.05) is 6.07 Å². The minimum atomic E-state index is -0.407. The average Bonchev–Trinajstić information content (AvgIpc) is 2.31. The highest BCUT2D eigenvalue weighted by atomic mass is 19.1. The van der Waals surface area contributed by atoms with Crippen LogP contribution in [0.4, 0.5) is 4.39 Å². The van der Waals surface area contributed by atoms with Gasteiger partial charge in [0.25, 0.3) is 5.91 Å². The largest absolute Gasteiger partial charge is 0.483 e. The molecular formula is C12H13FN2O2. The number of carbonyl (C=O) groups is 1. The Kier molecular flexibility index (Phi) is 4.95. The van der Waals surface area contributed by atoms with E-state index in [9.17, 15) is 9.18 Å². The normalized spacial score (nSPS) is 9.47. The third-order valence-corrected chi connectivity index (χ3v) is 2.07. The maximum Gasteiger partial charge on any atom is 0.257 e. The highest BCUT2D eigenvalue weighted by molar-refractivity contribution is 5.77. The molecule has 0 aliphatic carbocycles. The summed E-state index contributed by atoms with van der Waals surface area (Å²) >= 11 is 0. The first-order valence-electron chi connectivity index (χ1n) is 5.16. The standard InChI is InChI=1S/C12H13FN2O2/c1-9-3-4-10(13)7-11(9)17-8-12(16)15-6-2-5-14/h3-4,7H,2,6,8H2,1H3,(H,15,16). The summed E-state index contributed by atoms with van der Waals surface area (Å²) in [6, 6.07) is 6.05. The van der Waals surface area contributed by atoms with Crippen LogP contribution in [0.15, 0.2) is 18.2 Å². The second-order valence-corrected chi connectivity index (χ2v) is 3.46. The predicted octanol–water partition coefficient (Wildman–Crippen LogP) is 1.54. The molecule has 4 nitrogen and oxygen atoms in total. The smallest absolute Gasteiger partial charge is 0.257 e. The Balaban J connectivity index is 2.42. The van der Waals surface area contributed by atoms with Crippen molar-refractivity contribution < 1.29 is 13.9 Å². The van der Waals surface area contributed by atoms with Gasteiger partial charge in [0.1, 0.15) is 11.6 Å². The van der Waals surface area contributed by atoms with E-state index in [2.05, 4.69) is 5.32 Å². The number of nitrogens with zero attached hydrogens (tertiary/aromatic N) is 1. The van der Waals surface area contributed by atoms with Gasteiger partial charge in [-0.1, -0.05) is 6.07 Å². The van der Waals surface area contributed by atoms with Crippen LogP contribution in [-0.4, -0.2) is 19.1 Å². The van der Waals surface area contributed by atoms with E-state index in [-0.39, 0.29) is 18.9 Å². The highest BCUT2D eigenvalue weighted by Crippen LogP contribution is 2.18. The second-order valence-electron chi connectivity index (χ2n) is 3.46. The van der Waals surface area contributed by atoms with Gasteiger partial charge in [-0.15, -0.1) is 0 Å². The second kappa shape index (κ2) is 6.48. The summed E-state index contributed by atoms with van der Waals surface area (Å²) in [5.41, 5.74) is 0.760. The Bertz CT molecular complexity index is 441. The Labute approximate surface area is 99.0 Å². The molecule has 1 aromatic carbocycles. The first kappa shape index (κ1) is 13.0. The molecule has 1 rings (SSSR count). The van der Waals surface area contributed by atoms with Crippen LogP contribution in [-0.2, 0) is 4.79 Å². The first-order valence-corrected chi connectivity index (χ1v) is 5.16. The topological polar surface area (TPSA) is 62.1 Å². The minimum Gasteiger partial charge on any atom is -0.483 e. The summed E-state index contributed by atoms with van der Waals surface area (Å²) in [7, 11) is 0. The van der Waals surface area contributed by atoms with Crippen molar-refractivity contribution in [3.63, 3.8) is 0 Å². The van der Waals surface area contributed by atoms with E-state index < -0.39 is 5.82 Å². The number of carbonyl (C=O) groups excluding carboxylic acids is 1. The van der Waals surface area contributed by atoms with Crippen LogP contribution in [0.1, 0.15) is 12.0 Å². The molecule has 0 unspecified atom stereocenters. The molecule has 0 fully saturated rings. The Morgan fingerprint density at radius 3 is 3.06 bits per heavy atom. The van der Waals surface area contributed by atoms with E-state index in [1.54, 1.807) is 13.0 Å². The lowest BCUT2D eigenvalue weighted by Crippen LogP contribution is -2.29. The molecule has 0 saturated carbocycles. The maximum absolute atomic E-state index is 12.9. The molecule has 17 heavy (non-hydrogen) atoms. The lowest BCUT2D eigenvalue weighted by molar-refractivity contribution is -0.123. The number of nitrogens with one attached hydrogen (secondary N) is 1. The van der Waals surface area contributed by atoms with Gasteiger partial charge in [0, 0.05) is 12.6 Å². The molecule has 0 spiro atoms. The lowest BCUT2D eigenvalue weighted by atomic mass is 10.2. The summed E-state index contributed by atoms with van der Waals surface area (Å²) in [5, 5.41) is 10.8. The number of amides is 1. The molecule has 0 saturated heterocycles. The van der Waals surface area contributed by atoms with E-state index in [0.717, 1.165) is 5.56 Å². The third-order valence-electron chi connectivity index (χ3n) is 2.07. The van der Waals surface area contributed by atoms with Crippen molar-refractivity contribution in [2.45, 2.75) is 13.3 Å². The number of benzene rings is 1. The van der Waals surface area contributed by atoms with E-state index >= 15 is 0 Å². The molecule has 0 bridgehead atoms. The van der Waals surface area contributed by atoms with Gasteiger partial charge in [-0.25, -0.2) is 4.39 Å². The van der Waals surface area contributed by atoms with E-state index in [0.29, 0.717) is 12.3 Å². The van der Waals surface area contributed by atoms with Crippen molar-refractivity contribution in [1.82, 2.24) is 5.32 Å². The SMILES string of the molecule is Cc1ccc(F)cc1OCC(=O)NCCC#N. The molecule has 0 aliphatic heterocycles. The van der Waals surface area contributed by atoms with Gasteiger partial charge in [-0.3, -0.25) is 4.79 Å². The molecule has 0 atom stereocenters. The quantitative estimate of drug-likeness (QED) is 0.789. The summed E-state index contributed by atoms with van der Waals surface area (Å²) in [5.74, 6) is -0.389. The average molecular weight is 236 g/mol. The minimum absolute atomic E-state index is 0.185. The molecule has 0 aliphatic rings. The molecule has 1 amide bonds. The van der Waals surface area contributed by atoms with Crippen LogP contribution in [0.3, 0.4) is 0 Å². The van der Waals surface area contributed by atoms with Gasteiger partial charge in [-0.2, -0.15) is 5.26 Å². The van der Waals surface area contributed by atoms with E-state index in [1.165, 1.54) is 12.1 Å². The number of hydrogen-bond donors (Lipinski definition) is 1. The zero-order valence-corrected chi connectivity index (χ0v) is 9.50. The number of hydrogen-bond acceptors (Lipinski definition) is 3. The monoisotopic (exact) mass is 236 g/mol. The summed E-state index contributed by atoms with van der Waals surface area (Å²) in [6.07, 6.45) is 0.255. The maximum atomic E-state index is 12.9. The number of rotatable bonds is 5. The molecule has 0 radical (unpaired) electrons. The molecular weight excluding hydrogens is 223 g/mol. The van der Waals surface area contributed by atoms with Crippen LogP contribution in [0.5, 0.6) is 5.75 Å². The Hall–Kier alpha value is -2.09. The fourth-order valence-electron chi connectivity index (χ4n) is 1.18. The van der Waals surface area contributed by atoms with Gasteiger partial charge in [0.15, 0.2) is 6.61 Å². The molecule has 0 heterocycles. The fourth-order valence-corrected chi connectivity index (χ4v) is 1.18. The number of ether oxygens (including phenoxy) is 1. The van der Waals surface area contributed by atoms with Crippen LogP contribution < -0.4 is 10.1 Å². The number of aryl methyl sites for hydroxylation is 1. The van der Waals surface area contributed by atoms with Crippen molar-refractivity contribution in [1.29, 1.82) is 5.26 Å². The number of halogens is 1. The molecule has 1 aromatic rings. The zero-order valence-electron chi connectivity index (χ0n) is 9.50. The fraction of sp³-hybridized carbons (Fsp3) is 0.333. The van der Waals surface area contributed by atoms with Crippen molar-refractivity contribution in [3.05, 3.63) is 29.6 Å². The van der Waals surface area contributed by atoms with Crippen LogP contribution in [0, 0.1) is 24.1 Å². The van der Waals surface area contributed by atoms with Gasteiger partial charge in [-0.05, 0) is 18.6 Å². The van der Waals surface area contributed by atoms with Crippen LogP contribution in [0.25, 0.3) is 0 Å². The highest BCUT2D eigenvalue weighted by Gasteiger charge is 2.05. The third kappa shape index (κ3) is 4.51. The van der Waals surface area contributed by atoms with Gasteiger partial charge < -0.3 is 10.1 Å². The van der Waals surface area contributed by atoms with Crippen molar-refractivity contribution in [3.8, 4) is 11.8 Å². The summed E-state index contributed by atoms with van der Waals surface area (Å²) in [6.45, 7) is 1.87. The Morgan fingerprint density at radius 1 is 1.59 bits per heavy atom. The van der Waals surface area contributed by atoms with E-state index in [4.69, 9.17) is 10.00 Å². The van der Waals surface area contributed by atoms with Crippen molar-refractivity contribution in [2.24, 2.45) is 0 Å². The number of nitriles is 1. The van der Waals surface area contributed by atoms with Gasteiger partial charge in [0.05, 0.1) is 12.5 Å². The molecule has 1 N–H and O–H groups in total. The van der Waals surface area contributed by atoms with Crippen molar-refractivity contribution in [2.75, 3.05) is 13.2 Å². The molecule has 5 heteroatoms. The van der Waals surface area contributed by atoms with Crippen molar-refractivity contribution >= 4 is 5.91 Å². The van der Waals surface area contributed by atoms with Crippen LogP contribution in [0.2, 0.25) is 0 Å². The predicted molar refractivity (Wildman–Crippen MR) is 59.9 cm³/mol. The van der Waals surface area contributed by atoms with Gasteiger partial charge >= 0.3 is 0 Å². The molecule has 90 valence electrons. The first-order chi connectivity index (χ1) is 8.13. The molecule has 0 aromatic heterocycles. The summed E-state index contributed by atoms with van der Waals surface area (Å²) < 4.78 is 18.1. The lowest BCUT2D eigenvalue weighted by Gasteiger charge is -2.08. The Morgan fingerprint density at radius 2 is 2.35 bits per heavy atom.